The van der Waals surface area contributed by atoms with Crippen LogP contribution in [0.15, 0.2) is 22.8 Å². The van der Waals surface area contributed by atoms with Gasteiger partial charge in [0.15, 0.2) is 0 Å². The number of rotatable bonds is 9. The molecular formula is C13H23N3O3S. The van der Waals surface area contributed by atoms with E-state index in [-0.39, 0.29) is 6.04 Å². The molecule has 2 N–H and O–H groups in total. The van der Waals surface area contributed by atoms with Crippen molar-refractivity contribution in [1.82, 2.24) is 14.3 Å². The van der Waals surface area contributed by atoms with Gasteiger partial charge in [0.1, 0.15) is 5.76 Å². The van der Waals surface area contributed by atoms with Crippen LogP contribution < -0.4 is 10.0 Å². The Morgan fingerprint density at radius 2 is 2.25 bits per heavy atom. The molecule has 0 radical (unpaired) electrons. The lowest BCUT2D eigenvalue weighted by Crippen LogP contribution is -2.40. The first-order valence-electron chi connectivity index (χ1n) is 6.99. The molecule has 0 aliphatic heterocycles. The fourth-order valence-corrected chi connectivity index (χ4v) is 3.04. The van der Waals surface area contributed by atoms with E-state index >= 15 is 0 Å². The second-order valence-electron chi connectivity index (χ2n) is 5.26. The SMILES string of the molecule is CC(NS(=O)(=O)N(C)CCCNC1CC1)c1ccco1. The lowest BCUT2D eigenvalue weighted by atomic mass is 10.3. The molecule has 2 rings (SSSR count). The van der Waals surface area contributed by atoms with E-state index in [2.05, 4.69) is 10.0 Å². The molecule has 1 aromatic rings. The number of nitrogens with zero attached hydrogens (tertiary/aromatic N) is 1. The van der Waals surface area contributed by atoms with Crippen molar-refractivity contribution in [3.63, 3.8) is 0 Å². The largest absolute Gasteiger partial charge is 0.468 e. The summed E-state index contributed by atoms with van der Waals surface area (Å²) in [5, 5.41) is 3.37. The van der Waals surface area contributed by atoms with Gasteiger partial charge in [0.05, 0.1) is 12.3 Å². The number of furan rings is 1. The van der Waals surface area contributed by atoms with Crippen LogP contribution in [0.3, 0.4) is 0 Å². The van der Waals surface area contributed by atoms with Crippen molar-refractivity contribution < 1.29 is 12.8 Å². The molecule has 1 fully saturated rings. The zero-order valence-electron chi connectivity index (χ0n) is 12.0. The Balaban J connectivity index is 1.75. The lowest BCUT2D eigenvalue weighted by molar-refractivity contribution is 0.420. The fourth-order valence-electron chi connectivity index (χ4n) is 1.92. The molecule has 1 aliphatic carbocycles. The maximum atomic E-state index is 12.1. The molecule has 0 saturated heterocycles. The summed E-state index contributed by atoms with van der Waals surface area (Å²) in [4.78, 5) is 0. The van der Waals surface area contributed by atoms with Crippen molar-refractivity contribution in [2.75, 3.05) is 20.1 Å². The number of hydrogen-bond donors (Lipinski definition) is 2. The Labute approximate surface area is 120 Å². The van der Waals surface area contributed by atoms with Crippen LogP contribution in [0.4, 0.5) is 0 Å². The van der Waals surface area contributed by atoms with Gasteiger partial charge in [0.2, 0.25) is 0 Å². The summed E-state index contributed by atoms with van der Waals surface area (Å²) in [5.41, 5.74) is 0. The molecule has 20 heavy (non-hydrogen) atoms. The van der Waals surface area contributed by atoms with Crippen LogP contribution in [0.5, 0.6) is 0 Å². The van der Waals surface area contributed by atoms with Gasteiger partial charge in [-0.25, -0.2) is 0 Å². The second kappa shape index (κ2) is 6.71. The quantitative estimate of drug-likeness (QED) is 0.673. The van der Waals surface area contributed by atoms with Gasteiger partial charge in [-0.3, -0.25) is 0 Å². The zero-order chi connectivity index (χ0) is 14.6. The average molecular weight is 301 g/mol. The third kappa shape index (κ3) is 4.59. The predicted molar refractivity (Wildman–Crippen MR) is 77.5 cm³/mol. The van der Waals surface area contributed by atoms with Crippen molar-refractivity contribution >= 4 is 10.2 Å². The van der Waals surface area contributed by atoms with Crippen LogP contribution in [0.25, 0.3) is 0 Å². The summed E-state index contributed by atoms with van der Waals surface area (Å²) >= 11 is 0. The van der Waals surface area contributed by atoms with Gasteiger partial charge in [-0.2, -0.15) is 17.4 Å². The van der Waals surface area contributed by atoms with E-state index in [1.807, 2.05) is 0 Å². The minimum absolute atomic E-state index is 0.373. The summed E-state index contributed by atoms with van der Waals surface area (Å²) in [6, 6.07) is 3.79. The van der Waals surface area contributed by atoms with E-state index in [1.54, 1.807) is 26.1 Å². The van der Waals surface area contributed by atoms with E-state index in [4.69, 9.17) is 4.42 Å². The molecule has 0 amide bonds. The molecule has 114 valence electrons. The molecule has 7 heteroatoms. The second-order valence-corrected chi connectivity index (χ2v) is 7.07. The Morgan fingerprint density at radius 1 is 1.50 bits per heavy atom. The first-order valence-corrected chi connectivity index (χ1v) is 8.43. The highest BCUT2D eigenvalue weighted by atomic mass is 32.2. The van der Waals surface area contributed by atoms with Gasteiger partial charge >= 0.3 is 0 Å². The lowest BCUT2D eigenvalue weighted by Gasteiger charge is -2.20. The van der Waals surface area contributed by atoms with Crippen LogP contribution in [0.1, 0.15) is 38.0 Å². The maximum Gasteiger partial charge on any atom is 0.279 e. The average Bonchev–Trinajstić information content (AvgIpc) is 3.04. The molecule has 1 saturated carbocycles. The molecule has 1 atom stereocenters. The molecule has 0 spiro atoms. The first kappa shape index (κ1) is 15.5. The first-order chi connectivity index (χ1) is 9.49. The van der Waals surface area contributed by atoms with Gasteiger partial charge in [0.25, 0.3) is 10.2 Å². The van der Waals surface area contributed by atoms with Gasteiger partial charge in [0, 0.05) is 19.6 Å². The van der Waals surface area contributed by atoms with Crippen molar-refractivity contribution in [2.24, 2.45) is 0 Å². The normalized spacial score (nSPS) is 17.6. The van der Waals surface area contributed by atoms with E-state index in [0.717, 1.165) is 13.0 Å². The molecule has 6 nitrogen and oxygen atoms in total. The maximum absolute atomic E-state index is 12.1. The van der Waals surface area contributed by atoms with E-state index in [9.17, 15) is 8.42 Å². The molecule has 1 aromatic heterocycles. The van der Waals surface area contributed by atoms with Gasteiger partial charge in [-0.05, 0) is 44.9 Å². The zero-order valence-corrected chi connectivity index (χ0v) is 12.8. The Morgan fingerprint density at radius 3 is 2.85 bits per heavy atom. The summed E-state index contributed by atoms with van der Waals surface area (Å²) < 4.78 is 33.4. The highest BCUT2D eigenvalue weighted by molar-refractivity contribution is 7.87. The predicted octanol–water partition coefficient (Wildman–Crippen LogP) is 1.25. The van der Waals surface area contributed by atoms with Crippen molar-refractivity contribution in [3.05, 3.63) is 24.2 Å². The molecule has 1 aliphatic rings. The third-order valence-corrected chi connectivity index (χ3v) is 5.02. The minimum Gasteiger partial charge on any atom is -0.468 e. The smallest absolute Gasteiger partial charge is 0.279 e. The van der Waals surface area contributed by atoms with Crippen LogP contribution in [-0.4, -0.2) is 38.9 Å². The van der Waals surface area contributed by atoms with Crippen molar-refractivity contribution in [1.29, 1.82) is 0 Å². The Bertz CT molecular complexity index is 497. The summed E-state index contributed by atoms with van der Waals surface area (Å²) in [6.45, 7) is 3.12. The van der Waals surface area contributed by atoms with Crippen LogP contribution in [-0.2, 0) is 10.2 Å². The van der Waals surface area contributed by atoms with E-state index in [0.29, 0.717) is 18.3 Å². The Kier molecular flexibility index (Phi) is 5.20. The molecule has 0 aromatic carbocycles. The van der Waals surface area contributed by atoms with Crippen molar-refractivity contribution in [2.45, 2.75) is 38.3 Å². The summed E-state index contributed by atoms with van der Waals surface area (Å²) in [6.07, 6.45) is 4.84. The monoisotopic (exact) mass is 301 g/mol. The highest BCUT2D eigenvalue weighted by Crippen LogP contribution is 2.18. The summed E-state index contributed by atoms with van der Waals surface area (Å²) in [7, 11) is -1.88. The fraction of sp³-hybridized carbons (Fsp3) is 0.692. The van der Waals surface area contributed by atoms with Gasteiger partial charge in [-0.15, -0.1) is 0 Å². The van der Waals surface area contributed by atoms with Crippen molar-refractivity contribution in [3.8, 4) is 0 Å². The van der Waals surface area contributed by atoms with Crippen LogP contribution in [0, 0.1) is 0 Å². The molecule has 1 heterocycles. The van der Waals surface area contributed by atoms with E-state index in [1.165, 1.54) is 23.4 Å². The minimum atomic E-state index is -3.48. The topological polar surface area (TPSA) is 74.6 Å². The third-order valence-electron chi connectivity index (χ3n) is 3.37. The molecule has 0 bridgehead atoms. The number of nitrogens with one attached hydrogen (secondary N) is 2. The summed E-state index contributed by atoms with van der Waals surface area (Å²) in [5.74, 6) is 0.609. The standard InChI is InChI=1S/C13H23N3O3S/c1-11(13-5-3-10-19-13)15-20(17,18)16(2)9-4-8-14-12-6-7-12/h3,5,10-12,14-15H,4,6-9H2,1-2H3. The van der Waals surface area contributed by atoms with Crippen LogP contribution in [0.2, 0.25) is 0 Å². The van der Waals surface area contributed by atoms with E-state index < -0.39 is 10.2 Å². The van der Waals surface area contributed by atoms with Gasteiger partial charge < -0.3 is 9.73 Å². The number of hydrogen-bond acceptors (Lipinski definition) is 4. The van der Waals surface area contributed by atoms with Crippen LogP contribution >= 0.6 is 0 Å². The molecule has 1 unspecified atom stereocenters. The highest BCUT2D eigenvalue weighted by Gasteiger charge is 2.23. The Hall–Kier alpha value is -0.890. The van der Waals surface area contributed by atoms with Gasteiger partial charge in [-0.1, -0.05) is 0 Å². The molecular weight excluding hydrogens is 278 g/mol.